The van der Waals surface area contributed by atoms with Gasteiger partial charge in [0.1, 0.15) is 0 Å². The second-order valence-electron chi connectivity index (χ2n) is 2.58. The van der Waals surface area contributed by atoms with E-state index in [1.807, 2.05) is 38.1 Å². The zero-order valence-electron chi connectivity index (χ0n) is 6.39. The number of aryl methyl sites for hydroxylation is 1. The van der Waals surface area contributed by atoms with E-state index in [1.165, 1.54) is 5.56 Å². The van der Waals surface area contributed by atoms with Gasteiger partial charge in [-0.15, -0.1) is 0 Å². The maximum Gasteiger partial charge on any atom is 0.0437 e. The molecule has 1 aromatic rings. The van der Waals surface area contributed by atoms with E-state index >= 15 is 0 Å². The number of nitrogens with one attached hydrogen (secondary N) is 1. The lowest BCUT2D eigenvalue weighted by atomic mass is 10.0. The Balaban J connectivity index is 3.03. The molecule has 0 aliphatic rings. The molecule has 1 nitrogen and oxygen atoms in total. The highest BCUT2D eigenvalue weighted by Gasteiger charge is 2.00. The summed E-state index contributed by atoms with van der Waals surface area (Å²) in [5.74, 6) is 0. The average molecular weight is 134 g/mol. The molecule has 0 aromatic heterocycles. The maximum atomic E-state index is 7.46. The van der Waals surface area contributed by atoms with Crippen LogP contribution < -0.4 is 5.73 Å². The summed E-state index contributed by atoms with van der Waals surface area (Å²) in [5.41, 5.74) is 9.80. The third-order valence-corrected chi connectivity index (χ3v) is 1.65. The number of hydrogen-bond donors (Lipinski definition) is 0. The summed E-state index contributed by atoms with van der Waals surface area (Å²) in [6, 6.07) is 7.93. The third kappa shape index (κ3) is 1.36. The molecule has 0 amide bonds. The first-order valence-corrected chi connectivity index (χ1v) is 3.48. The van der Waals surface area contributed by atoms with Crippen LogP contribution in [0, 0.1) is 6.92 Å². The van der Waals surface area contributed by atoms with Gasteiger partial charge >= 0.3 is 0 Å². The van der Waals surface area contributed by atoms with Gasteiger partial charge in [-0.25, -0.2) is 0 Å². The first-order valence-electron chi connectivity index (χ1n) is 3.48. The van der Waals surface area contributed by atoms with Crippen molar-refractivity contribution in [1.29, 1.82) is 0 Å². The van der Waals surface area contributed by atoms with Gasteiger partial charge in [-0.2, -0.15) is 0 Å². The Morgan fingerprint density at radius 3 is 2.30 bits per heavy atom. The van der Waals surface area contributed by atoms with Gasteiger partial charge in [0.2, 0.25) is 0 Å². The van der Waals surface area contributed by atoms with Crippen LogP contribution in [-0.4, -0.2) is 0 Å². The minimum atomic E-state index is -0.0961. The van der Waals surface area contributed by atoms with Gasteiger partial charge < -0.3 is 0 Å². The fourth-order valence-corrected chi connectivity index (χ4v) is 1.07. The van der Waals surface area contributed by atoms with Gasteiger partial charge in [0.15, 0.2) is 0 Å². The van der Waals surface area contributed by atoms with Gasteiger partial charge in [-0.1, -0.05) is 24.3 Å². The van der Waals surface area contributed by atoms with Crippen molar-refractivity contribution in [3.63, 3.8) is 0 Å². The van der Waals surface area contributed by atoms with Crippen LogP contribution in [0.2, 0.25) is 0 Å². The summed E-state index contributed by atoms with van der Waals surface area (Å²) in [7, 11) is 0. The Morgan fingerprint density at radius 1 is 1.30 bits per heavy atom. The number of benzene rings is 1. The molecule has 0 aliphatic heterocycles. The second kappa shape index (κ2) is 2.84. The van der Waals surface area contributed by atoms with Crippen molar-refractivity contribution in [3.05, 3.63) is 35.4 Å². The van der Waals surface area contributed by atoms with Crippen molar-refractivity contribution in [3.8, 4) is 0 Å². The van der Waals surface area contributed by atoms with Gasteiger partial charge in [0, 0.05) is 6.04 Å². The quantitative estimate of drug-likeness (QED) is 0.563. The van der Waals surface area contributed by atoms with Crippen LogP contribution >= 0.6 is 0 Å². The second-order valence-corrected chi connectivity index (χ2v) is 2.58. The fraction of sp³-hybridized carbons (Fsp3) is 0.333. The molecular weight excluding hydrogens is 122 g/mol. The van der Waals surface area contributed by atoms with Crippen molar-refractivity contribution in [2.75, 3.05) is 0 Å². The van der Waals surface area contributed by atoms with Crippen LogP contribution in [0.4, 0.5) is 0 Å². The summed E-state index contributed by atoms with van der Waals surface area (Å²) in [5, 5.41) is 0. The smallest absolute Gasteiger partial charge is 0.0437 e. The summed E-state index contributed by atoms with van der Waals surface area (Å²) in [4.78, 5) is 0. The monoisotopic (exact) mass is 134 g/mol. The van der Waals surface area contributed by atoms with Gasteiger partial charge in [-0.05, 0) is 25.0 Å². The Bertz CT molecular complexity index is 216. The molecule has 0 spiro atoms. The predicted octanol–water partition coefficient (Wildman–Crippen LogP) is 2.34. The van der Waals surface area contributed by atoms with Crippen LogP contribution in [0.1, 0.15) is 24.1 Å². The summed E-state index contributed by atoms with van der Waals surface area (Å²) < 4.78 is 0. The summed E-state index contributed by atoms with van der Waals surface area (Å²) >= 11 is 0. The number of hydrogen-bond acceptors (Lipinski definition) is 0. The third-order valence-electron chi connectivity index (χ3n) is 1.65. The molecule has 0 bridgehead atoms. The van der Waals surface area contributed by atoms with E-state index in [0.29, 0.717) is 0 Å². The Morgan fingerprint density at radius 2 is 1.90 bits per heavy atom. The van der Waals surface area contributed by atoms with Gasteiger partial charge in [0.25, 0.3) is 0 Å². The lowest BCUT2D eigenvalue weighted by Gasteiger charge is -2.06. The van der Waals surface area contributed by atoms with E-state index in [-0.39, 0.29) is 6.04 Å². The maximum absolute atomic E-state index is 7.46. The Hall–Kier alpha value is -0.820. The fourth-order valence-electron chi connectivity index (χ4n) is 1.07. The van der Waals surface area contributed by atoms with Crippen molar-refractivity contribution in [2.24, 2.45) is 0 Å². The van der Waals surface area contributed by atoms with Crippen LogP contribution in [0.15, 0.2) is 24.3 Å². The molecule has 1 atom stereocenters. The van der Waals surface area contributed by atoms with E-state index in [2.05, 4.69) is 0 Å². The zero-order chi connectivity index (χ0) is 7.56. The van der Waals surface area contributed by atoms with Gasteiger partial charge in [0.05, 0.1) is 0 Å². The molecule has 1 N–H and O–H groups in total. The van der Waals surface area contributed by atoms with E-state index in [1.54, 1.807) is 0 Å². The first-order chi connectivity index (χ1) is 4.72. The summed E-state index contributed by atoms with van der Waals surface area (Å²) in [6.45, 7) is 3.93. The normalized spacial score (nSPS) is 13.1. The molecule has 0 fully saturated rings. The first kappa shape index (κ1) is 7.29. The molecule has 0 aliphatic carbocycles. The molecule has 1 unspecified atom stereocenters. The molecule has 1 rings (SSSR count). The SMILES string of the molecule is Cc1ccccc1C(C)[NH]. The van der Waals surface area contributed by atoms with Crippen LogP contribution in [0.3, 0.4) is 0 Å². The van der Waals surface area contributed by atoms with Crippen LogP contribution in [0.5, 0.6) is 0 Å². The number of rotatable bonds is 1. The average Bonchev–Trinajstić information content (AvgIpc) is 1.88. The molecule has 0 saturated carbocycles. The molecular formula is C9H12N. The summed E-state index contributed by atoms with van der Waals surface area (Å²) in [6.07, 6.45) is 0. The molecule has 10 heavy (non-hydrogen) atoms. The minimum Gasteiger partial charge on any atom is -0.250 e. The molecule has 1 heteroatoms. The highest BCUT2D eigenvalue weighted by molar-refractivity contribution is 5.27. The van der Waals surface area contributed by atoms with E-state index in [0.717, 1.165) is 5.56 Å². The largest absolute Gasteiger partial charge is 0.250 e. The Kier molecular flexibility index (Phi) is 2.07. The molecule has 1 radical (unpaired) electrons. The van der Waals surface area contributed by atoms with Crippen molar-refractivity contribution >= 4 is 0 Å². The van der Waals surface area contributed by atoms with Crippen molar-refractivity contribution < 1.29 is 0 Å². The van der Waals surface area contributed by atoms with E-state index in [4.69, 9.17) is 5.73 Å². The zero-order valence-corrected chi connectivity index (χ0v) is 6.39. The Labute approximate surface area is 61.9 Å². The molecule has 1 aromatic carbocycles. The van der Waals surface area contributed by atoms with Gasteiger partial charge in [-0.3, -0.25) is 5.73 Å². The molecule has 53 valence electrons. The topological polar surface area (TPSA) is 23.8 Å². The predicted molar refractivity (Wildman–Crippen MR) is 42.7 cm³/mol. The van der Waals surface area contributed by atoms with Crippen molar-refractivity contribution in [1.82, 2.24) is 5.73 Å². The minimum absolute atomic E-state index is 0.0961. The molecule has 0 heterocycles. The van der Waals surface area contributed by atoms with Crippen molar-refractivity contribution in [2.45, 2.75) is 19.9 Å². The lowest BCUT2D eigenvalue weighted by molar-refractivity contribution is 0.780. The molecule has 0 saturated heterocycles. The van der Waals surface area contributed by atoms with Crippen LogP contribution in [-0.2, 0) is 0 Å². The van der Waals surface area contributed by atoms with Crippen LogP contribution in [0.25, 0.3) is 0 Å². The van der Waals surface area contributed by atoms with E-state index in [9.17, 15) is 0 Å². The lowest BCUT2D eigenvalue weighted by Crippen LogP contribution is -1.95. The highest BCUT2D eigenvalue weighted by Crippen LogP contribution is 2.14. The standard InChI is InChI=1S/C9H12N/c1-7-5-3-4-6-9(7)8(2)10/h3-6,8,10H,1-2H3. The van der Waals surface area contributed by atoms with E-state index < -0.39 is 0 Å². The highest BCUT2D eigenvalue weighted by atomic mass is 14.6.